The number of allylic oxidation sites excluding steroid dienone is 1. The van der Waals surface area contributed by atoms with E-state index in [2.05, 4.69) is 38.9 Å². The Morgan fingerprint density at radius 3 is 2.20 bits per heavy atom. The Balaban J connectivity index is 3.77. The van der Waals surface area contributed by atoms with Gasteiger partial charge in [-0.1, -0.05) is 32.4 Å². The van der Waals surface area contributed by atoms with Crippen molar-refractivity contribution in [2.24, 2.45) is 9.98 Å². The lowest BCUT2D eigenvalue weighted by molar-refractivity contribution is -0.149. The van der Waals surface area contributed by atoms with Gasteiger partial charge in [0.15, 0.2) is 8.32 Å². The maximum Gasteiger partial charge on any atom is 0.346 e. The van der Waals surface area contributed by atoms with Crippen molar-refractivity contribution in [3.05, 3.63) is 11.6 Å². The number of carbonyl (C=O) groups excluding carboxylic acids is 1. The van der Waals surface area contributed by atoms with Crippen molar-refractivity contribution >= 4 is 26.1 Å². The first kappa shape index (κ1) is 26.4. The zero-order chi connectivity index (χ0) is 23.2. The quantitative estimate of drug-likeness (QED) is 0.315. The summed E-state index contributed by atoms with van der Waals surface area (Å²) in [5, 5.41) is -0.0688. The molecule has 0 aromatic heterocycles. The second-order valence-electron chi connectivity index (χ2n) is 9.02. The number of hydrogen-bond acceptors (Lipinski definition) is 7. The highest BCUT2D eigenvalue weighted by molar-refractivity contribution is 6.74. The molecule has 0 N–H and O–H groups in total. The normalized spacial score (nSPS) is 20.6. The van der Waals surface area contributed by atoms with Gasteiger partial charge in [-0.25, -0.2) is 14.8 Å². The number of esters is 1. The van der Waals surface area contributed by atoms with Crippen molar-refractivity contribution in [3.8, 4) is 0 Å². The van der Waals surface area contributed by atoms with E-state index in [1.807, 2.05) is 33.8 Å². The van der Waals surface area contributed by atoms with Gasteiger partial charge in [0.1, 0.15) is 12.6 Å². The van der Waals surface area contributed by atoms with Crippen LogP contribution in [0.3, 0.4) is 0 Å². The first-order chi connectivity index (χ1) is 13.9. The van der Waals surface area contributed by atoms with Gasteiger partial charge in [-0.3, -0.25) is 0 Å². The average molecular weight is 441 g/mol. The molecule has 0 spiro atoms. The minimum atomic E-state index is -2.30. The van der Waals surface area contributed by atoms with E-state index >= 15 is 0 Å². The van der Waals surface area contributed by atoms with E-state index in [1.165, 1.54) is 0 Å². The molecule has 1 rings (SSSR count). The number of aliphatic imine (C=N–C) groups is 2. The van der Waals surface area contributed by atoms with Crippen LogP contribution in [-0.2, 0) is 23.4 Å². The first-order valence-electron chi connectivity index (χ1n) is 10.7. The summed E-state index contributed by atoms with van der Waals surface area (Å²) in [6, 6.07) is 0. The van der Waals surface area contributed by atoms with Crippen LogP contribution < -0.4 is 0 Å². The van der Waals surface area contributed by atoms with Crippen molar-refractivity contribution < 1.29 is 23.4 Å². The van der Waals surface area contributed by atoms with Gasteiger partial charge in [0.2, 0.25) is 11.8 Å². The molecule has 0 saturated heterocycles. The Bertz CT molecular complexity index is 690. The maximum absolute atomic E-state index is 13.5. The number of carbonyl (C=O) groups is 1. The van der Waals surface area contributed by atoms with Crippen LogP contribution in [0.4, 0.5) is 0 Å². The predicted octanol–water partition coefficient (Wildman–Crippen LogP) is 4.53. The van der Waals surface area contributed by atoms with Gasteiger partial charge in [0.25, 0.3) is 5.54 Å². The van der Waals surface area contributed by atoms with E-state index in [1.54, 1.807) is 6.92 Å². The maximum atomic E-state index is 13.5. The fourth-order valence-electron chi connectivity index (χ4n) is 2.79. The fourth-order valence-corrected chi connectivity index (χ4v) is 4.02. The number of ether oxygens (including phenoxy) is 3. The summed E-state index contributed by atoms with van der Waals surface area (Å²) in [5.41, 5.74) is -0.585. The van der Waals surface area contributed by atoms with Crippen LogP contribution >= 0.6 is 0 Å². The van der Waals surface area contributed by atoms with E-state index in [0.29, 0.717) is 19.1 Å². The Hall–Kier alpha value is -1.67. The fraction of sp³-hybridized carbons (Fsp3) is 0.773. The van der Waals surface area contributed by atoms with Crippen molar-refractivity contribution in [2.45, 2.75) is 85.2 Å². The van der Waals surface area contributed by atoms with Gasteiger partial charge in [-0.05, 0) is 52.8 Å². The second kappa shape index (κ2) is 10.6. The molecular weight excluding hydrogens is 400 g/mol. The van der Waals surface area contributed by atoms with E-state index in [4.69, 9.17) is 23.6 Å². The number of rotatable bonds is 8. The molecule has 0 aliphatic carbocycles. The highest BCUT2D eigenvalue weighted by Gasteiger charge is 2.57. The van der Waals surface area contributed by atoms with Crippen molar-refractivity contribution in [3.63, 3.8) is 0 Å². The standard InChI is InChI=1S/C22H40N2O5Si/c1-11-26-18-15-23-19(27-12-2)22(24-18,20(25)28-13-3)17(14-16(4)5)29-30(9,10)21(6,7)8/h14,17H,11-13,15H2,1-10H3/t17-,22-/m0/s1. The Labute approximate surface area is 183 Å². The number of nitrogens with zero attached hydrogens (tertiary/aromatic N) is 2. The monoisotopic (exact) mass is 440 g/mol. The van der Waals surface area contributed by atoms with E-state index in [9.17, 15) is 4.79 Å². The van der Waals surface area contributed by atoms with E-state index in [-0.39, 0.29) is 24.1 Å². The van der Waals surface area contributed by atoms with Gasteiger partial charge in [0.05, 0.1) is 19.8 Å². The third-order valence-corrected chi connectivity index (χ3v) is 9.74. The summed E-state index contributed by atoms with van der Waals surface area (Å²) in [5.74, 6) is 0.0448. The predicted molar refractivity (Wildman–Crippen MR) is 124 cm³/mol. The third kappa shape index (κ3) is 5.94. The minimum absolute atomic E-state index is 0.0688. The van der Waals surface area contributed by atoms with Crippen molar-refractivity contribution in [1.82, 2.24) is 0 Å². The topological polar surface area (TPSA) is 78.7 Å². The molecular formula is C22H40N2O5Si. The highest BCUT2D eigenvalue weighted by atomic mass is 28.4. The van der Waals surface area contributed by atoms with Crippen LogP contribution in [0.2, 0.25) is 18.1 Å². The van der Waals surface area contributed by atoms with Crippen LogP contribution in [0.15, 0.2) is 21.6 Å². The molecule has 7 nitrogen and oxygen atoms in total. The average Bonchev–Trinajstić information content (AvgIpc) is 2.61. The first-order valence-corrected chi connectivity index (χ1v) is 13.7. The van der Waals surface area contributed by atoms with Crippen LogP contribution in [0, 0.1) is 0 Å². The Kier molecular flexibility index (Phi) is 9.29. The molecule has 1 heterocycles. The summed E-state index contributed by atoms with van der Waals surface area (Å²) >= 11 is 0. The van der Waals surface area contributed by atoms with Crippen LogP contribution in [0.1, 0.15) is 55.4 Å². The lowest BCUT2D eigenvalue weighted by atomic mass is 9.90. The molecule has 0 amide bonds. The van der Waals surface area contributed by atoms with Gasteiger partial charge >= 0.3 is 5.97 Å². The van der Waals surface area contributed by atoms with Gasteiger partial charge < -0.3 is 18.6 Å². The molecule has 0 aromatic rings. The molecule has 8 heteroatoms. The Morgan fingerprint density at radius 1 is 1.13 bits per heavy atom. The van der Waals surface area contributed by atoms with Crippen LogP contribution in [0.25, 0.3) is 0 Å². The van der Waals surface area contributed by atoms with Crippen molar-refractivity contribution in [2.75, 3.05) is 26.4 Å². The highest BCUT2D eigenvalue weighted by Crippen LogP contribution is 2.40. The van der Waals surface area contributed by atoms with Gasteiger partial charge in [0, 0.05) is 0 Å². The summed E-state index contributed by atoms with van der Waals surface area (Å²) < 4.78 is 23.8. The van der Waals surface area contributed by atoms with E-state index < -0.39 is 25.9 Å². The van der Waals surface area contributed by atoms with E-state index in [0.717, 1.165) is 5.57 Å². The molecule has 0 unspecified atom stereocenters. The molecule has 30 heavy (non-hydrogen) atoms. The third-order valence-electron chi connectivity index (χ3n) is 5.29. The minimum Gasteiger partial charge on any atom is -0.480 e. The summed E-state index contributed by atoms with van der Waals surface area (Å²) in [6.45, 7) is 21.4. The SMILES string of the molecule is CCOC(=O)[C@@]1([C@H](C=C(C)C)O[Si](C)(C)C(C)(C)C)N=C(OCC)CN=C1OCC. The number of hydrogen-bond donors (Lipinski definition) is 0. The smallest absolute Gasteiger partial charge is 0.346 e. The lowest BCUT2D eigenvalue weighted by Crippen LogP contribution is -2.61. The van der Waals surface area contributed by atoms with Crippen LogP contribution in [0.5, 0.6) is 0 Å². The lowest BCUT2D eigenvalue weighted by Gasteiger charge is -2.43. The summed E-state index contributed by atoms with van der Waals surface area (Å²) in [4.78, 5) is 22.8. The molecule has 172 valence electrons. The zero-order valence-corrected chi connectivity index (χ0v) is 21.4. The molecule has 1 aliphatic heterocycles. The molecule has 0 bridgehead atoms. The largest absolute Gasteiger partial charge is 0.480 e. The summed E-state index contributed by atoms with van der Waals surface area (Å²) in [7, 11) is -2.30. The van der Waals surface area contributed by atoms with Gasteiger partial charge in [-0.15, -0.1) is 0 Å². The second-order valence-corrected chi connectivity index (χ2v) is 13.8. The summed E-state index contributed by atoms with van der Waals surface area (Å²) in [6.07, 6.45) is 1.19. The Morgan fingerprint density at radius 2 is 1.73 bits per heavy atom. The molecule has 2 atom stereocenters. The van der Waals surface area contributed by atoms with Crippen molar-refractivity contribution in [1.29, 1.82) is 0 Å². The van der Waals surface area contributed by atoms with Crippen LogP contribution in [-0.4, -0.2) is 64.1 Å². The van der Waals surface area contributed by atoms with Gasteiger partial charge in [-0.2, -0.15) is 0 Å². The molecule has 0 radical (unpaired) electrons. The molecule has 0 saturated carbocycles. The molecule has 1 aliphatic rings. The molecule has 0 aromatic carbocycles. The zero-order valence-electron chi connectivity index (χ0n) is 20.4. The molecule has 0 fully saturated rings.